The van der Waals surface area contributed by atoms with E-state index in [1.54, 1.807) is 7.11 Å². The fourth-order valence-corrected chi connectivity index (χ4v) is 5.40. The summed E-state index contributed by atoms with van der Waals surface area (Å²) >= 11 is 0. The molecule has 2 aromatic carbocycles. The Morgan fingerprint density at radius 1 is 1.18 bits per heavy atom. The number of H-pyrrole nitrogens is 1. The Morgan fingerprint density at radius 2 is 2.05 bits per heavy atom. The number of nitrogens with one attached hydrogen (secondary N) is 3. The maximum Gasteiger partial charge on any atom is 0.387 e. The molecule has 2 atom stereocenters. The fourth-order valence-electron chi connectivity index (χ4n) is 5.40. The van der Waals surface area contributed by atoms with E-state index in [1.165, 1.54) is 6.20 Å². The van der Waals surface area contributed by atoms with Gasteiger partial charge in [0.2, 0.25) is 5.91 Å². The molecule has 3 aliphatic rings. The second kappa shape index (κ2) is 8.35. The maximum absolute atomic E-state index is 13.0. The van der Waals surface area contributed by atoms with Gasteiger partial charge in [-0.2, -0.15) is 13.9 Å². The third-order valence-electron chi connectivity index (χ3n) is 7.54. The molecule has 10 nitrogen and oxygen atoms in total. The summed E-state index contributed by atoms with van der Waals surface area (Å²) in [7, 11) is 1.60. The number of aromatic nitrogens is 4. The lowest BCUT2D eigenvalue weighted by molar-refractivity contribution is -0.118. The molecule has 38 heavy (non-hydrogen) atoms. The maximum atomic E-state index is 13.0. The van der Waals surface area contributed by atoms with E-state index in [0.717, 1.165) is 27.7 Å². The van der Waals surface area contributed by atoms with Crippen LogP contribution in [0.2, 0.25) is 0 Å². The van der Waals surface area contributed by atoms with Crippen LogP contribution in [0.3, 0.4) is 0 Å². The number of halogens is 2. The molecular weight excluding hydrogens is 498 g/mol. The lowest BCUT2D eigenvalue weighted by Gasteiger charge is -2.25. The van der Waals surface area contributed by atoms with Gasteiger partial charge in [-0.15, -0.1) is 0 Å². The molecule has 12 heteroatoms. The number of ether oxygens (including phenoxy) is 3. The number of benzene rings is 2. The molecule has 2 aliphatic heterocycles. The molecule has 1 saturated heterocycles. The first kappa shape index (κ1) is 22.8. The summed E-state index contributed by atoms with van der Waals surface area (Å²) in [6.45, 7) is -2.08. The molecule has 4 heterocycles. The molecule has 2 aromatic heterocycles. The average molecular weight is 520 g/mol. The number of alkyl halides is 2. The predicted octanol–water partition coefficient (Wildman–Crippen LogP) is 4.20. The van der Waals surface area contributed by atoms with Crippen LogP contribution in [0.1, 0.15) is 35.2 Å². The van der Waals surface area contributed by atoms with E-state index in [1.807, 2.05) is 36.4 Å². The highest BCUT2D eigenvalue weighted by molar-refractivity contribution is 6.10. The highest BCUT2D eigenvalue weighted by Gasteiger charge is 2.65. The van der Waals surface area contributed by atoms with E-state index in [0.29, 0.717) is 37.0 Å². The van der Waals surface area contributed by atoms with Gasteiger partial charge in [-0.05, 0) is 47.9 Å². The van der Waals surface area contributed by atoms with Crippen LogP contribution in [0.4, 0.5) is 26.1 Å². The topological polar surface area (TPSA) is 123 Å². The number of hydrogen-bond donors (Lipinski definition) is 3. The van der Waals surface area contributed by atoms with E-state index in [-0.39, 0.29) is 29.3 Å². The lowest BCUT2D eigenvalue weighted by atomic mass is 9.91. The first-order valence-corrected chi connectivity index (χ1v) is 12.1. The number of anilines is 3. The predicted molar refractivity (Wildman–Crippen MR) is 132 cm³/mol. The van der Waals surface area contributed by atoms with Gasteiger partial charge in [0, 0.05) is 17.0 Å². The second-order valence-electron chi connectivity index (χ2n) is 9.65. The number of carbonyl (C=O) groups excluding carboxylic acids is 1. The molecule has 194 valence electrons. The van der Waals surface area contributed by atoms with E-state index in [2.05, 4.69) is 35.5 Å². The largest absolute Gasteiger partial charge is 0.497 e. The Hall–Kier alpha value is -4.32. The van der Waals surface area contributed by atoms with Crippen molar-refractivity contribution < 1.29 is 27.8 Å². The van der Waals surface area contributed by atoms with Crippen molar-refractivity contribution in [1.82, 2.24) is 20.2 Å². The van der Waals surface area contributed by atoms with Gasteiger partial charge < -0.3 is 24.8 Å². The van der Waals surface area contributed by atoms with Crippen LogP contribution in [0.5, 0.6) is 11.5 Å². The fraction of sp³-hybridized carbons (Fsp3) is 0.308. The minimum absolute atomic E-state index is 0.000119. The number of fused-ring (bicyclic) bond motifs is 3. The van der Waals surface area contributed by atoms with Crippen molar-refractivity contribution >= 4 is 34.1 Å². The van der Waals surface area contributed by atoms with Crippen LogP contribution in [-0.2, 0) is 14.9 Å². The highest BCUT2D eigenvalue weighted by atomic mass is 19.3. The van der Waals surface area contributed by atoms with E-state index >= 15 is 0 Å². The molecule has 1 amide bonds. The zero-order valence-electron chi connectivity index (χ0n) is 20.1. The third kappa shape index (κ3) is 3.47. The Balaban J connectivity index is 1.19. The smallest absolute Gasteiger partial charge is 0.387 e. The lowest BCUT2D eigenvalue weighted by Crippen LogP contribution is -2.27. The Kier molecular flexibility index (Phi) is 5.02. The van der Waals surface area contributed by atoms with Gasteiger partial charge in [-0.3, -0.25) is 9.89 Å². The number of aromatic amines is 1. The molecule has 4 aromatic rings. The molecule has 0 bridgehead atoms. The van der Waals surface area contributed by atoms with Crippen LogP contribution >= 0.6 is 0 Å². The zero-order valence-corrected chi connectivity index (χ0v) is 20.1. The first-order chi connectivity index (χ1) is 18.5. The minimum Gasteiger partial charge on any atom is -0.497 e. The molecule has 0 unspecified atom stereocenters. The van der Waals surface area contributed by atoms with Crippen molar-refractivity contribution in [3.63, 3.8) is 0 Å². The van der Waals surface area contributed by atoms with E-state index in [9.17, 15) is 13.6 Å². The standard InChI is InChI=1S/C26H22F2N6O4/c1-36-14-3-5-18-16(7-14)26(24(35)30-18)8-17(26)12-2-4-15-19(6-12)33-34-22(15)32-23-20(38-25(27)28)9-29-21(31-23)13-10-37-11-13/h2-7,9,13,17,25H,8,10-11H2,1H3,(H,30,35)(H2,29,31,32,33,34)/t17-,26-/m0/s1. The number of hydrogen-bond acceptors (Lipinski definition) is 8. The van der Waals surface area contributed by atoms with Crippen LogP contribution in [0, 0.1) is 0 Å². The Labute approximate surface area is 214 Å². The number of methoxy groups -OCH3 is 1. The van der Waals surface area contributed by atoms with Crippen LogP contribution < -0.4 is 20.1 Å². The van der Waals surface area contributed by atoms with Crippen molar-refractivity contribution in [3.8, 4) is 11.5 Å². The molecule has 1 aliphatic carbocycles. The van der Waals surface area contributed by atoms with E-state index in [4.69, 9.17) is 9.47 Å². The second-order valence-corrected chi connectivity index (χ2v) is 9.65. The van der Waals surface area contributed by atoms with Gasteiger partial charge >= 0.3 is 6.61 Å². The number of rotatable bonds is 7. The number of amides is 1. The van der Waals surface area contributed by atoms with Crippen LogP contribution in [-0.4, -0.2) is 53.0 Å². The Bertz CT molecular complexity index is 1590. The molecule has 0 radical (unpaired) electrons. The van der Waals surface area contributed by atoms with Gasteiger partial charge in [0.15, 0.2) is 17.4 Å². The molecule has 7 rings (SSSR count). The van der Waals surface area contributed by atoms with Crippen molar-refractivity contribution in [1.29, 1.82) is 0 Å². The van der Waals surface area contributed by atoms with Gasteiger partial charge in [-0.1, -0.05) is 6.07 Å². The van der Waals surface area contributed by atoms with Gasteiger partial charge in [-0.25, -0.2) is 9.97 Å². The summed E-state index contributed by atoms with van der Waals surface area (Å²) in [5.74, 6) is 1.48. The quantitative estimate of drug-likeness (QED) is 0.331. The summed E-state index contributed by atoms with van der Waals surface area (Å²) in [5, 5.41) is 14.1. The van der Waals surface area contributed by atoms with Crippen molar-refractivity contribution in [2.24, 2.45) is 0 Å². The molecular formula is C26H22F2N6O4. The van der Waals surface area contributed by atoms with Gasteiger partial charge in [0.05, 0.1) is 43.4 Å². The third-order valence-corrected chi connectivity index (χ3v) is 7.54. The Morgan fingerprint density at radius 3 is 2.82 bits per heavy atom. The summed E-state index contributed by atoms with van der Waals surface area (Å²) in [5.41, 5.74) is 2.86. The number of nitrogens with zero attached hydrogens (tertiary/aromatic N) is 3. The molecule has 1 saturated carbocycles. The summed E-state index contributed by atoms with van der Waals surface area (Å²) < 4.78 is 41.2. The molecule has 1 spiro atoms. The average Bonchev–Trinajstić information content (AvgIpc) is 3.42. The monoisotopic (exact) mass is 520 g/mol. The minimum atomic E-state index is -3.03. The highest BCUT2D eigenvalue weighted by Crippen LogP contribution is 2.65. The number of carbonyl (C=O) groups is 1. The van der Waals surface area contributed by atoms with Crippen LogP contribution in [0.15, 0.2) is 42.6 Å². The van der Waals surface area contributed by atoms with Crippen molar-refractivity contribution in [3.05, 3.63) is 59.5 Å². The molecule has 3 N–H and O–H groups in total. The first-order valence-electron chi connectivity index (χ1n) is 12.1. The normalized spacial score (nSPS) is 21.9. The van der Waals surface area contributed by atoms with Gasteiger partial charge in [0.25, 0.3) is 0 Å². The van der Waals surface area contributed by atoms with Gasteiger partial charge in [0.1, 0.15) is 11.6 Å². The summed E-state index contributed by atoms with van der Waals surface area (Å²) in [6.07, 6.45) is 1.92. The molecule has 2 fully saturated rings. The van der Waals surface area contributed by atoms with Crippen LogP contribution in [0.25, 0.3) is 10.9 Å². The zero-order chi connectivity index (χ0) is 26.0. The van der Waals surface area contributed by atoms with E-state index < -0.39 is 12.0 Å². The summed E-state index contributed by atoms with van der Waals surface area (Å²) in [6, 6.07) is 11.4. The summed E-state index contributed by atoms with van der Waals surface area (Å²) in [4.78, 5) is 21.6. The van der Waals surface area contributed by atoms with Crippen molar-refractivity contribution in [2.45, 2.75) is 30.3 Å². The van der Waals surface area contributed by atoms with Crippen molar-refractivity contribution in [2.75, 3.05) is 31.0 Å². The SMILES string of the molecule is COc1ccc2c(c1)[C@]1(C[C@H]1c1ccc3c(Nc4nc(C5COC5)ncc4OC(F)F)n[nH]c3c1)C(=O)N2.